The van der Waals surface area contributed by atoms with Crippen molar-refractivity contribution in [1.29, 1.82) is 0 Å². The SMILES string of the molecule is CN(C)C1=C2C[C@H]3C[C@H]4[C@H](N(C)C)C(=O)C(C(N)=O)=C(O)[C@@]4(O)C(O)=C3C(O)=C2C(=O)C([N+](=O)[O-])C1. The van der Waals surface area contributed by atoms with Crippen LogP contribution < -0.4 is 5.73 Å². The molecule has 0 heterocycles. The summed E-state index contributed by atoms with van der Waals surface area (Å²) in [6, 6.07) is -2.80. The lowest BCUT2D eigenvalue weighted by Crippen LogP contribution is -2.62. The van der Waals surface area contributed by atoms with E-state index in [0.717, 1.165) is 0 Å². The first-order chi connectivity index (χ1) is 16.7. The minimum Gasteiger partial charge on any atom is -0.508 e. The Morgan fingerprint density at radius 2 is 1.69 bits per heavy atom. The molecule has 0 bridgehead atoms. The normalized spacial score (nSPS) is 32.5. The van der Waals surface area contributed by atoms with Crippen molar-refractivity contribution in [2.24, 2.45) is 17.6 Å². The van der Waals surface area contributed by atoms with Crippen molar-refractivity contribution in [3.05, 3.63) is 55.4 Å². The van der Waals surface area contributed by atoms with Gasteiger partial charge in [0.2, 0.25) is 5.78 Å². The van der Waals surface area contributed by atoms with E-state index in [-0.39, 0.29) is 30.4 Å². The highest BCUT2D eigenvalue weighted by molar-refractivity contribution is 6.22. The van der Waals surface area contributed by atoms with E-state index < -0.39 is 74.8 Å². The Morgan fingerprint density at radius 1 is 1.08 bits per heavy atom. The molecule has 4 aliphatic rings. The number of primary amides is 1. The molecule has 36 heavy (non-hydrogen) atoms. The molecule has 0 fully saturated rings. The zero-order chi connectivity index (χ0) is 27.0. The van der Waals surface area contributed by atoms with Gasteiger partial charge in [-0.25, -0.2) is 0 Å². The number of rotatable bonds is 4. The van der Waals surface area contributed by atoms with E-state index in [1.54, 1.807) is 19.0 Å². The summed E-state index contributed by atoms with van der Waals surface area (Å²) < 4.78 is 0. The molecule has 4 rings (SSSR count). The van der Waals surface area contributed by atoms with Crippen molar-refractivity contribution in [2.45, 2.75) is 36.9 Å². The minimum atomic E-state index is -2.67. The van der Waals surface area contributed by atoms with Crippen molar-refractivity contribution in [1.82, 2.24) is 9.80 Å². The maximum atomic E-state index is 13.1. The van der Waals surface area contributed by atoms with E-state index in [1.165, 1.54) is 19.0 Å². The van der Waals surface area contributed by atoms with Gasteiger partial charge in [0.1, 0.15) is 22.9 Å². The van der Waals surface area contributed by atoms with E-state index in [2.05, 4.69) is 0 Å². The van der Waals surface area contributed by atoms with Crippen LogP contribution in [0.4, 0.5) is 0 Å². The Bertz CT molecular complexity index is 1240. The highest BCUT2D eigenvalue weighted by Crippen LogP contribution is 2.55. The van der Waals surface area contributed by atoms with Crippen LogP contribution in [0.1, 0.15) is 19.3 Å². The quantitative estimate of drug-likeness (QED) is 0.189. The number of hydrogen-bond donors (Lipinski definition) is 5. The summed E-state index contributed by atoms with van der Waals surface area (Å²) in [5.41, 5.74) is 2.01. The Balaban J connectivity index is 2.04. The third-order valence-electron chi connectivity index (χ3n) is 7.72. The van der Waals surface area contributed by atoms with Crippen LogP contribution >= 0.6 is 0 Å². The first-order valence-corrected chi connectivity index (χ1v) is 11.3. The average Bonchev–Trinajstić information content (AvgIpc) is 2.75. The molecule has 0 aliphatic heterocycles. The molecule has 5 atom stereocenters. The van der Waals surface area contributed by atoms with Crippen LogP contribution in [-0.2, 0) is 14.4 Å². The average molecular weight is 504 g/mol. The number of nitro groups is 1. The number of likely N-dealkylation sites (N-methyl/N-ethyl adjacent to an activating group) is 1. The Morgan fingerprint density at radius 3 is 2.19 bits per heavy atom. The first kappa shape index (κ1) is 25.4. The molecule has 6 N–H and O–H groups in total. The fraction of sp³-hybridized carbons (Fsp3) is 0.522. The highest BCUT2D eigenvalue weighted by atomic mass is 16.6. The van der Waals surface area contributed by atoms with Gasteiger partial charge in [-0.3, -0.25) is 29.4 Å². The number of amides is 1. The molecule has 1 unspecified atom stereocenters. The maximum Gasteiger partial charge on any atom is 0.280 e. The molecule has 194 valence electrons. The lowest BCUT2D eigenvalue weighted by Gasteiger charge is -2.50. The number of nitrogens with two attached hydrogens (primary N) is 1. The summed E-state index contributed by atoms with van der Waals surface area (Å²) in [7, 11) is 6.37. The molecular weight excluding hydrogens is 476 g/mol. The van der Waals surface area contributed by atoms with E-state index in [0.29, 0.717) is 11.3 Å². The first-order valence-electron chi connectivity index (χ1n) is 11.3. The van der Waals surface area contributed by atoms with Gasteiger partial charge in [-0.15, -0.1) is 0 Å². The van der Waals surface area contributed by atoms with Crippen LogP contribution in [-0.4, -0.2) is 98.5 Å². The van der Waals surface area contributed by atoms with Crippen LogP contribution in [0.3, 0.4) is 0 Å². The zero-order valence-corrected chi connectivity index (χ0v) is 20.2. The predicted octanol–water partition coefficient (Wildman–Crippen LogP) is -0.374. The second-order valence-corrected chi connectivity index (χ2v) is 10.0. The fourth-order valence-electron chi connectivity index (χ4n) is 6.12. The summed E-state index contributed by atoms with van der Waals surface area (Å²) in [5, 5.41) is 56.6. The van der Waals surface area contributed by atoms with Gasteiger partial charge < -0.3 is 31.1 Å². The van der Waals surface area contributed by atoms with Gasteiger partial charge in [0.05, 0.1) is 18.0 Å². The van der Waals surface area contributed by atoms with Crippen molar-refractivity contribution >= 4 is 17.5 Å². The summed E-state index contributed by atoms with van der Waals surface area (Å²) in [4.78, 5) is 52.1. The third-order valence-corrected chi connectivity index (χ3v) is 7.72. The molecule has 13 nitrogen and oxygen atoms in total. The molecule has 13 heteroatoms. The number of allylic oxidation sites excluding steroid dienone is 2. The van der Waals surface area contributed by atoms with Crippen LogP contribution in [0.5, 0.6) is 0 Å². The van der Waals surface area contributed by atoms with Gasteiger partial charge in [-0.1, -0.05) is 0 Å². The second kappa shape index (κ2) is 8.17. The summed E-state index contributed by atoms with van der Waals surface area (Å²) in [6.07, 6.45) is -0.133. The predicted molar refractivity (Wildman–Crippen MR) is 123 cm³/mol. The lowest BCUT2D eigenvalue weighted by molar-refractivity contribution is -0.507. The molecule has 4 aliphatic carbocycles. The summed E-state index contributed by atoms with van der Waals surface area (Å²) in [6.45, 7) is 0. The van der Waals surface area contributed by atoms with E-state index in [1.807, 2.05) is 0 Å². The summed E-state index contributed by atoms with van der Waals surface area (Å²) in [5.74, 6) is -7.73. The van der Waals surface area contributed by atoms with Crippen LogP contribution in [0.25, 0.3) is 0 Å². The number of ketones is 2. The third kappa shape index (κ3) is 3.19. The maximum absolute atomic E-state index is 13.1. The van der Waals surface area contributed by atoms with E-state index >= 15 is 0 Å². The number of aliphatic hydroxyl groups excluding tert-OH is 3. The largest absolute Gasteiger partial charge is 0.508 e. The molecule has 0 saturated carbocycles. The lowest BCUT2D eigenvalue weighted by atomic mass is 9.58. The van der Waals surface area contributed by atoms with Crippen LogP contribution in [0, 0.1) is 22.0 Å². The smallest absolute Gasteiger partial charge is 0.280 e. The van der Waals surface area contributed by atoms with Gasteiger partial charge in [-0.05, 0) is 38.4 Å². The Labute approximate surface area is 205 Å². The second-order valence-electron chi connectivity index (χ2n) is 10.0. The number of carbonyl (C=O) groups excluding carboxylic acids is 3. The number of Topliss-reactive ketones (excluding diaryl/α,β-unsaturated/α-hetero) is 2. The van der Waals surface area contributed by atoms with Crippen molar-refractivity contribution in [2.75, 3.05) is 28.2 Å². The van der Waals surface area contributed by atoms with Crippen molar-refractivity contribution < 1.29 is 39.7 Å². The standard InChI is InChI=1S/C23H28N4O9/c1-25(2)11-7-12(27(35)36)17(28)14-9(11)5-8-6-10-16(26(3)4)19(30)15(22(24)33)21(32)23(10,34)20(31)13(8)18(14)29/h8,10,12,16,29,31-32,34H,5-7H2,1-4H3,(H2,24,33)/t8-,10-,12?,16-,23-/m0/s1. The highest BCUT2D eigenvalue weighted by Gasteiger charge is 2.62. The minimum absolute atomic E-state index is 0.0328. The number of fused-ring (bicyclic) bond motifs is 3. The topological polar surface area (TPSA) is 208 Å². The molecule has 0 radical (unpaired) electrons. The molecular formula is C23H28N4O9. The van der Waals surface area contributed by atoms with Gasteiger partial charge in [-0.2, -0.15) is 0 Å². The molecule has 0 spiro atoms. The fourth-order valence-corrected chi connectivity index (χ4v) is 6.12. The van der Waals surface area contributed by atoms with Crippen molar-refractivity contribution in [3.63, 3.8) is 0 Å². The van der Waals surface area contributed by atoms with E-state index in [9.17, 15) is 44.9 Å². The Kier molecular flexibility index (Phi) is 5.76. The molecule has 0 aromatic carbocycles. The van der Waals surface area contributed by atoms with Crippen LogP contribution in [0.2, 0.25) is 0 Å². The van der Waals surface area contributed by atoms with Crippen molar-refractivity contribution in [3.8, 4) is 0 Å². The summed E-state index contributed by atoms with van der Waals surface area (Å²) >= 11 is 0. The van der Waals surface area contributed by atoms with Gasteiger partial charge in [0, 0.05) is 36.2 Å². The molecule has 0 saturated heterocycles. The Hall–Kier alpha value is -3.71. The van der Waals surface area contributed by atoms with Gasteiger partial charge in [0.15, 0.2) is 11.4 Å². The number of hydrogen-bond acceptors (Lipinski definition) is 11. The molecule has 0 aromatic heterocycles. The van der Waals surface area contributed by atoms with Crippen LogP contribution in [0.15, 0.2) is 45.3 Å². The number of nitrogens with zero attached hydrogens (tertiary/aromatic N) is 3. The monoisotopic (exact) mass is 504 g/mol. The van der Waals surface area contributed by atoms with Gasteiger partial charge >= 0.3 is 0 Å². The number of carbonyl (C=O) groups is 3. The number of aliphatic hydroxyl groups is 4. The molecule has 0 aromatic rings. The molecule has 1 amide bonds. The zero-order valence-electron chi connectivity index (χ0n) is 20.2. The van der Waals surface area contributed by atoms with Gasteiger partial charge in [0.25, 0.3) is 11.9 Å². The van der Waals surface area contributed by atoms with E-state index in [4.69, 9.17) is 5.73 Å².